The molecule has 0 aliphatic carbocycles. The molecule has 2 heteroatoms. The van der Waals surface area contributed by atoms with Crippen molar-refractivity contribution >= 4 is 18.0 Å². The third-order valence-corrected chi connectivity index (χ3v) is 5.30. The van der Waals surface area contributed by atoms with E-state index in [0.29, 0.717) is 0 Å². The van der Waals surface area contributed by atoms with Crippen LogP contribution in [0.1, 0.15) is 16.7 Å². The number of carbonyl (C=O) groups is 1. The molecule has 24 heavy (non-hydrogen) atoms. The zero-order valence-corrected chi connectivity index (χ0v) is 14.0. The second kappa shape index (κ2) is 7.80. The summed E-state index contributed by atoms with van der Waals surface area (Å²) in [5.41, 5.74) is 3.55. The van der Waals surface area contributed by atoms with Crippen molar-refractivity contribution in [2.24, 2.45) is 0 Å². The van der Waals surface area contributed by atoms with Crippen molar-refractivity contribution < 1.29 is 4.79 Å². The number of allylic oxidation sites excluding steroid dienone is 1. The van der Waals surface area contributed by atoms with E-state index in [0.717, 1.165) is 6.29 Å². The number of rotatable bonds is 6. The normalized spacial score (nSPS) is 11.5. The molecule has 0 saturated heterocycles. The first-order chi connectivity index (χ1) is 11.9. The Bertz CT molecular complexity index is 698. The highest BCUT2D eigenvalue weighted by Gasteiger charge is 2.36. The molecule has 0 unspecified atom stereocenters. The molecule has 3 rings (SSSR count). The first-order valence-electron chi connectivity index (χ1n) is 7.82. The first-order valence-corrected chi connectivity index (χ1v) is 8.70. The van der Waals surface area contributed by atoms with Crippen molar-refractivity contribution in [1.82, 2.24) is 0 Å². The summed E-state index contributed by atoms with van der Waals surface area (Å²) in [6.45, 7) is 0. The van der Waals surface area contributed by atoms with Crippen LogP contribution in [0.3, 0.4) is 0 Å². The summed E-state index contributed by atoms with van der Waals surface area (Å²) < 4.78 is -0.400. The number of benzene rings is 3. The first kappa shape index (κ1) is 16.3. The lowest BCUT2D eigenvalue weighted by Gasteiger charge is -2.34. The Morgan fingerprint density at radius 3 is 1.33 bits per heavy atom. The number of hydrogen-bond acceptors (Lipinski definition) is 2. The van der Waals surface area contributed by atoms with Crippen molar-refractivity contribution in [1.29, 1.82) is 0 Å². The fourth-order valence-corrected chi connectivity index (χ4v) is 4.06. The Hall–Kier alpha value is -2.58. The van der Waals surface area contributed by atoms with E-state index in [1.807, 2.05) is 23.6 Å². The number of carbonyl (C=O) groups excluding carboxylic acids is 1. The summed E-state index contributed by atoms with van der Waals surface area (Å²) in [4.78, 5) is 10.8. The van der Waals surface area contributed by atoms with E-state index in [1.54, 1.807) is 17.8 Å². The average Bonchev–Trinajstić information content (AvgIpc) is 2.68. The predicted molar refractivity (Wildman–Crippen MR) is 102 cm³/mol. The molecule has 0 radical (unpaired) electrons. The molecule has 0 aliphatic rings. The minimum Gasteiger partial charge on any atom is -0.299 e. The lowest BCUT2D eigenvalue weighted by atomic mass is 9.84. The number of aldehydes is 1. The maximum absolute atomic E-state index is 10.8. The van der Waals surface area contributed by atoms with Gasteiger partial charge < -0.3 is 0 Å². The molecule has 3 aromatic carbocycles. The summed E-state index contributed by atoms with van der Waals surface area (Å²) in [6.07, 6.45) is 2.37. The maximum atomic E-state index is 10.8. The molecule has 1 nitrogen and oxygen atoms in total. The lowest BCUT2D eigenvalue weighted by molar-refractivity contribution is -0.104. The molecular weight excluding hydrogens is 312 g/mol. The zero-order chi connectivity index (χ0) is 16.7. The molecule has 0 spiro atoms. The van der Waals surface area contributed by atoms with E-state index in [4.69, 9.17) is 0 Å². The number of hydrogen-bond donors (Lipinski definition) is 0. The highest BCUT2D eigenvalue weighted by molar-refractivity contribution is 8.03. The van der Waals surface area contributed by atoms with Gasteiger partial charge in [0.05, 0.1) is 4.75 Å². The van der Waals surface area contributed by atoms with Gasteiger partial charge in [-0.2, -0.15) is 0 Å². The summed E-state index contributed by atoms with van der Waals surface area (Å²) in [5.74, 6) is 0. The van der Waals surface area contributed by atoms with Crippen LogP contribution in [-0.4, -0.2) is 6.29 Å². The van der Waals surface area contributed by atoms with Gasteiger partial charge in [0.15, 0.2) is 0 Å². The van der Waals surface area contributed by atoms with Gasteiger partial charge in [0.2, 0.25) is 0 Å². The molecule has 0 saturated carbocycles. The van der Waals surface area contributed by atoms with Crippen molar-refractivity contribution in [2.75, 3.05) is 0 Å². The van der Waals surface area contributed by atoms with Crippen molar-refractivity contribution in [3.05, 3.63) is 119 Å². The van der Waals surface area contributed by atoms with Gasteiger partial charge in [0.1, 0.15) is 6.29 Å². The Morgan fingerprint density at radius 2 is 1.00 bits per heavy atom. The molecule has 0 heterocycles. The van der Waals surface area contributed by atoms with Gasteiger partial charge in [0, 0.05) is 0 Å². The van der Waals surface area contributed by atoms with Crippen molar-refractivity contribution in [2.45, 2.75) is 4.75 Å². The van der Waals surface area contributed by atoms with Crippen LogP contribution in [0.4, 0.5) is 0 Å². The van der Waals surface area contributed by atoms with Crippen LogP contribution in [0, 0.1) is 0 Å². The van der Waals surface area contributed by atoms with E-state index in [-0.39, 0.29) is 0 Å². The fourth-order valence-electron chi connectivity index (χ4n) is 2.90. The fraction of sp³-hybridized carbons (Fsp3) is 0.0455. The summed E-state index contributed by atoms with van der Waals surface area (Å²) in [7, 11) is 0. The van der Waals surface area contributed by atoms with Gasteiger partial charge >= 0.3 is 0 Å². The van der Waals surface area contributed by atoms with E-state index < -0.39 is 4.75 Å². The highest BCUT2D eigenvalue weighted by atomic mass is 32.2. The van der Waals surface area contributed by atoms with Gasteiger partial charge in [0.25, 0.3) is 0 Å². The lowest BCUT2D eigenvalue weighted by Crippen LogP contribution is -2.24. The molecule has 0 atom stereocenters. The molecule has 0 fully saturated rings. The van der Waals surface area contributed by atoms with Crippen molar-refractivity contribution in [3.8, 4) is 0 Å². The second-order valence-corrected chi connectivity index (χ2v) is 6.48. The average molecular weight is 330 g/mol. The van der Waals surface area contributed by atoms with Gasteiger partial charge in [-0.05, 0) is 28.2 Å². The molecule has 0 amide bonds. The molecule has 0 bridgehead atoms. The standard InChI is InChI=1S/C22H18OS/c23-17-10-18-24-22(19-11-4-1-5-12-19,20-13-6-2-7-14-20)21-15-8-3-9-16-21/h1-18H. The van der Waals surface area contributed by atoms with E-state index in [1.165, 1.54) is 16.7 Å². The van der Waals surface area contributed by atoms with E-state index >= 15 is 0 Å². The number of thioether (sulfide) groups is 1. The van der Waals surface area contributed by atoms with Gasteiger partial charge in [-0.15, -0.1) is 11.8 Å². The summed E-state index contributed by atoms with van der Waals surface area (Å²) in [5, 5.41) is 1.88. The van der Waals surface area contributed by atoms with Crippen LogP contribution in [0.15, 0.2) is 102 Å². The third-order valence-electron chi connectivity index (χ3n) is 3.94. The van der Waals surface area contributed by atoms with E-state index in [2.05, 4.69) is 72.8 Å². The minimum atomic E-state index is -0.400. The summed E-state index contributed by atoms with van der Waals surface area (Å²) >= 11 is 1.64. The highest BCUT2D eigenvalue weighted by Crippen LogP contribution is 2.48. The van der Waals surface area contributed by atoms with Crippen LogP contribution in [-0.2, 0) is 9.54 Å². The monoisotopic (exact) mass is 330 g/mol. The van der Waals surface area contributed by atoms with E-state index in [9.17, 15) is 4.79 Å². The van der Waals surface area contributed by atoms with Gasteiger partial charge in [-0.25, -0.2) is 0 Å². The van der Waals surface area contributed by atoms with Crippen molar-refractivity contribution in [3.63, 3.8) is 0 Å². The molecule has 3 aromatic rings. The molecule has 0 aromatic heterocycles. The smallest absolute Gasteiger partial charge is 0.143 e. The molecule has 0 aliphatic heterocycles. The summed E-state index contributed by atoms with van der Waals surface area (Å²) in [6, 6.07) is 31.2. The van der Waals surface area contributed by atoms with Crippen LogP contribution in [0.5, 0.6) is 0 Å². The van der Waals surface area contributed by atoms with Crippen LogP contribution in [0.2, 0.25) is 0 Å². The maximum Gasteiger partial charge on any atom is 0.143 e. The minimum absolute atomic E-state index is 0.400. The van der Waals surface area contributed by atoms with Gasteiger partial charge in [-0.3, -0.25) is 4.79 Å². The second-order valence-electron chi connectivity index (χ2n) is 5.36. The molecule has 118 valence electrons. The Balaban J connectivity index is 2.28. The van der Waals surface area contributed by atoms with Crippen LogP contribution < -0.4 is 0 Å². The van der Waals surface area contributed by atoms with Gasteiger partial charge in [-0.1, -0.05) is 91.0 Å². The zero-order valence-electron chi connectivity index (χ0n) is 13.2. The third kappa shape index (κ3) is 3.19. The Morgan fingerprint density at radius 1 is 0.625 bits per heavy atom. The topological polar surface area (TPSA) is 17.1 Å². The predicted octanol–water partition coefficient (Wildman–Crippen LogP) is 5.42. The molecular formula is C22H18OS. The van der Waals surface area contributed by atoms with Crippen LogP contribution >= 0.6 is 11.8 Å². The Kier molecular flexibility index (Phi) is 5.29. The quantitative estimate of drug-likeness (QED) is 0.341. The van der Waals surface area contributed by atoms with Crippen LogP contribution in [0.25, 0.3) is 0 Å². The largest absolute Gasteiger partial charge is 0.299 e. The Labute approximate surface area is 147 Å². The SMILES string of the molecule is O=CC=CSC(c1ccccc1)(c1ccccc1)c1ccccc1. The molecule has 0 N–H and O–H groups in total.